The van der Waals surface area contributed by atoms with E-state index in [4.69, 9.17) is 21.6 Å². The predicted molar refractivity (Wildman–Crippen MR) is 68.1 cm³/mol. The topological polar surface area (TPSA) is 33.0 Å². The molecule has 0 aliphatic carbocycles. The van der Waals surface area contributed by atoms with Gasteiger partial charge in [0.15, 0.2) is 0 Å². The van der Waals surface area contributed by atoms with Crippen LogP contribution in [-0.4, -0.2) is 7.11 Å². The Morgan fingerprint density at radius 3 is 2.56 bits per heavy atom. The molecule has 2 rings (SSSR count). The van der Waals surface area contributed by atoms with E-state index in [1.165, 1.54) is 13.2 Å². The Hall–Kier alpha value is -2.05. The summed E-state index contributed by atoms with van der Waals surface area (Å²) >= 11 is 6.03. The molecule has 0 atom stereocenters. The van der Waals surface area contributed by atoms with E-state index in [0.29, 0.717) is 27.5 Å². The van der Waals surface area contributed by atoms with E-state index in [1.807, 2.05) is 6.07 Å². The van der Waals surface area contributed by atoms with Crippen LogP contribution in [0.3, 0.4) is 0 Å². The van der Waals surface area contributed by atoms with Crippen molar-refractivity contribution in [3.05, 3.63) is 52.8 Å². The number of hydrogen-bond acceptors (Lipinski definition) is 2. The molecule has 90 valence electrons. The molecule has 0 saturated carbocycles. The second kappa shape index (κ2) is 5.07. The Kier molecular flexibility index (Phi) is 3.50. The number of methoxy groups -OCH3 is 1. The van der Waals surface area contributed by atoms with Crippen LogP contribution in [0.15, 0.2) is 36.4 Å². The number of ether oxygens (including phenoxy) is 1. The van der Waals surface area contributed by atoms with Crippen molar-refractivity contribution in [2.75, 3.05) is 7.11 Å². The van der Waals surface area contributed by atoms with Crippen LogP contribution in [-0.2, 0) is 0 Å². The minimum Gasteiger partial charge on any atom is -0.497 e. The van der Waals surface area contributed by atoms with Crippen molar-refractivity contribution in [1.82, 2.24) is 0 Å². The standard InChI is InChI=1S/C14H9ClFNO/c1-18-10-3-4-11(14(16)7-10)12-6-9(8-17)2-5-13(12)15/h2-7H,1H3. The summed E-state index contributed by atoms with van der Waals surface area (Å²) in [5.74, 6) is -0.00449. The molecule has 0 aliphatic rings. The highest BCUT2D eigenvalue weighted by Crippen LogP contribution is 2.32. The molecule has 0 spiro atoms. The van der Waals surface area contributed by atoms with E-state index >= 15 is 0 Å². The third-order valence-electron chi connectivity index (χ3n) is 2.56. The molecule has 4 heteroatoms. The van der Waals surface area contributed by atoms with Gasteiger partial charge < -0.3 is 4.74 Å². The Bertz CT molecular complexity index is 634. The number of nitriles is 1. The first kappa shape index (κ1) is 12.4. The summed E-state index contributed by atoms with van der Waals surface area (Å²) in [5.41, 5.74) is 1.28. The lowest BCUT2D eigenvalue weighted by molar-refractivity contribution is 0.411. The van der Waals surface area contributed by atoms with Crippen molar-refractivity contribution in [3.8, 4) is 22.9 Å². The third-order valence-corrected chi connectivity index (χ3v) is 2.89. The molecule has 0 aromatic heterocycles. The molecule has 0 unspecified atom stereocenters. The fraction of sp³-hybridized carbons (Fsp3) is 0.0714. The zero-order chi connectivity index (χ0) is 13.1. The van der Waals surface area contributed by atoms with E-state index in [-0.39, 0.29) is 0 Å². The fourth-order valence-corrected chi connectivity index (χ4v) is 1.86. The van der Waals surface area contributed by atoms with Crippen molar-refractivity contribution >= 4 is 11.6 Å². The van der Waals surface area contributed by atoms with Crippen LogP contribution in [0.5, 0.6) is 5.75 Å². The summed E-state index contributed by atoms with van der Waals surface area (Å²) in [5, 5.41) is 9.25. The Balaban J connectivity index is 2.58. The van der Waals surface area contributed by atoms with Crippen LogP contribution in [0.4, 0.5) is 4.39 Å². The van der Waals surface area contributed by atoms with Crippen molar-refractivity contribution in [2.45, 2.75) is 0 Å². The quantitative estimate of drug-likeness (QED) is 0.818. The maximum absolute atomic E-state index is 13.9. The largest absolute Gasteiger partial charge is 0.497 e. The lowest BCUT2D eigenvalue weighted by Gasteiger charge is -2.08. The van der Waals surface area contributed by atoms with Gasteiger partial charge in [-0.3, -0.25) is 0 Å². The molecule has 18 heavy (non-hydrogen) atoms. The van der Waals surface area contributed by atoms with E-state index in [2.05, 4.69) is 0 Å². The smallest absolute Gasteiger partial charge is 0.134 e. The van der Waals surface area contributed by atoms with E-state index in [0.717, 1.165) is 0 Å². The minimum atomic E-state index is -0.439. The number of rotatable bonds is 2. The molecular formula is C14H9ClFNO. The third kappa shape index (κ3) is 2.29. The first-order valence-corrected chi connectivity index (χ1v) is 5.57. The molecule has 0 heterocycles. The molecule has 0 aliphatic heterocycles. The van der Waals surface area contributed by atoms with Gasteiger partial charge in [0.2, 0.25) is 0 Å². The zero-order valence-corrected chi connectivity index (χ0v) is 10.3. The molecule has 2 nitrogen and oxygen atoms in total. The van der Waals surface area contributed by atoms with E-state index in [1.54, 1.807) is 30.3 Å². The van der Waals surface area contributed by atoms with Crippen molar-refractivity contribution in [1.29, 1.82) is 5.26 Å². The predicted octanol–water partition coefficient (Wildman–Crippen LogP) is 4.03. The summed E-state index contributed by atoms with van der Waals surface area (Å²) in [6, 6.07) is 11.2. The number of nitrogens with zero attached hydrogens (tertiary/aromatic N) is 1. The molecule has 0 N–H and O–H groups in total. The summed E-state index contributed by atoms with van der Waals surface area (Å²) in [6.45, 7) is 0. The summed E-state index contributed by atoms with van der Waals surface area (Å²) < 4.78 is 18.9. The van der Waals surface area contributed by atoms with Gasteiger partial charge in [-0.1, -0.05) is 11.6 Å². The Morgan fingerprint density at radius 1 is 1.17 bits per heavy atom. The van der Waals surface area contributed by atoms with Crippen LogP contribution in [0.1, 0.15) is 5.56 Å². The van der Waals surface area contributed by atoms with Gasteiger partial charge in [0.05, 0.1) is 18.7 Å². The maximum atomic E-state index is 13.9. The van der Waals surface area contributed by atoms with Gasteiger partial charge >= 0.3 is 0 Å². The summed E-state index contributed by atoms with van der Waals surface area (Å²) in [4.78, 5) is 0. The molecule has 0 amide bonds. The molecule has 2 aromatic carbocycles. The molecule has 0 fully saturated rings. The van der Waals surface area contributed by atoms with Gasteiger partial charge in [-0.2, -0.15) is 5.26 Å². The van der Waals surface area contributed by atoms with Gasteiger partial charge in [-0.25, -0.2) is 4.39 Å². The normalized spacial score (nSPS) is 9.89. The molecular weight excluding hydrogens is 253 g/mol. The summed E-state index contributed by atoms with van der Waals surface area (Å²) in [7, 11) is 1.47. The highest BCUT2D eigenvalue weighted by atomic mass is 35.5. The van der Waals surface area contributed by atoms with E-state index < -0.39 is 5.82 Å². The van der Waals surface area contributed by atoms with Crippen LogP contribution < -0.4 is 4.74 Å². The van der Waals surface area contributed by atoms with Gasteiger partial charge in [-0.05, 0) is 30.3 Å². The molecule has 0 bridgehead atoms. The zero-order valence-electron chi connectivity index (χ0n) is 9.58. The monoisotopic (exact) mass is 261 g/mol. The average Bonchev–Trinajstić information content (AvgIpc) is 2.39. The lowest BCUT2D eigenvalue weighted by Crippen LogP contribution is -1.89. The van der Waals surface area contributed by atoms with Crippen LogP contribution >= 0.6 is 11.6 Å². The average molecular weight is 262 g/mol. The van der Waals surface area contributed by atoms with Crippen molar-refractivity contribution < 1.29 is 9.13 Å². The van der Waals surface area contributed by atoms with Gasteiger partial charge in [0, 0.05) is 22.2 Å². The number of halogens is 2. The lowest BCUT2D eigenvalue weighted by atomic mass is 10.0. The fourth-order valence-electron chi connectivity index (χ4n) is 1.64. The Labute approximate surface area is 109 Å². The van der Waals surface area contributed by atoms with Crippen molar-refractivity contribution in [2.24, 2.45) is 0 Å². The van der Waals surface area contributed by atoms with Gasteiger partial charge in [-0.15, -0.1) is 0 Å². The first-order chi connectivity index (χ1) is 8.65. The van der Waals surface area contributed by atoms with Crippen LogP contribution in [0.2, 0.25) is 5.02 Å². The number of benzene rings is 2. The molecule has 0 saturated heterocycles. The minimum absolute atomic E-state index is 0.345. The SMILES string of the molecule is COc1ccc(-c2cc(C#N)ccc2Cl)c(F)c1. The number of hydrogen-bond donors (Lipinski definition) is 0. The van der Waals surface area contributed by atoms with Gasteiger partial charge in [0.1, 0.15) is 11.6 Å². The van der Waals surface area contributed by atoms with Crippen LogP contribution in [0, 0.1) is 17.1 Å². The van der Waals surface area contributed by atoms with Crippen molar-refractivity contribution in [3.63, 3.8) is 0 Å². The highest BCUT2D eigenvalue weighted by molar-refractivity contribution is 6.33. The van der Waals surface area contributed by atoms with E-state index in [9.17, 15) is 4.39 Å². The van der Waals surface area contributed by atoms with Crippen LogP contribution in [0.25, 0.3) is 11.1 Å². The molecule has 0 radical (unpaired) electrons. The maximum Gasteiger partial charge on any atom is 0.134 e. The van der Waals surface area contributed by atoms with Gasteiger partial charge in [0.25, 0.3) is 0 Å². The highest BCUT2D eigenvalue weighted by Gasteiger charge is 2.10. The summed E-state index contributed by atoms with van der Waals surface area (Å²) in [6.07, 6.45) is 0. The molecule has 2 aromatic rings. The second-order valence-electron chi connectivity index (χ2n) is 3.65. The first-order valence-electron chi connectivity index (χ1n) is 5.19. The second-order valence-corrected chi connectivity index (χ2v) is 4.06. The Morgan fingerprint density at radius 2 is 1.94 bits per heavy atom.